The van der Waals surface area contributed by atoms with Crippen molar-refractivity contribution in [2.45, 2.75) is 32.1 Å². The second kappa shape index (κ2) is 4.50. The fourth-order valence-corrected chi connectivity index (χ4v) is 4.34. The van der Waals surface area contributed by atoms with Gasteiger partial charge in [0.1, 0.15) is 5.82 Å². The van der Waals surface area contributed by atoms with Gasteiger partial charge in [0, 0.05) is 5.02 Å². The van der Waals surface area contributed by atoms with Crippen molar-refractivity contribution < 1.29 is 4.39 Å². The van der Waals surface area contributed by atoms with Gasteiger partial charge in [0.05, 0.1) is 0 Å². The van der Waals surface area contributed by atoms with Gasteiger partial charge in [0.25, 0.3) is 0 Å². The van der Waals surface area contributed by atoms with E-state index in [4.69, 9.17) is 17.3 Å². The summed E-state index contributed by atoms with van der Waals surface area (Å²) in [6.07, 6.45) is 5.98. The molecule has 2 aliphatic rings. The van der Waals surface area contributed by atoms with Gasteiger partial charge in [0.15, 0.2) is 0 Å². The molecule has 3 unspecified atom stereocenters. The van der Waals surface area contributed by atoms with Crippen molar-refractivity contribution in [3.63, 3.8) is 0 Å². The number of benzene rings is 1. The van der Waals surface area contributed by atoms with Crippen molar-refractivity contribution in [1.29, 1.82) is 0 Å². The van der Waals surface area contributed by atoms with Crippen molar-refractivity contribution in [3.8, 4) is 0 Å². The predicted molar refractivity (Wildman–Crippen MR) is 72.0 cm³/mol. The molecule has 0 amide bonds. The minimum Gasteiger partial charge on any atom is -0.330 e. The fraction of sp³-hybridized carbons (Fsp3) is 0.600. The maximum absolute atomic E-state index is 13.3. The molecule has 3 rings (SSSR count). The quantitative estimate of drug-likeness (QED) is 0.886. The van der Waals surface area contributed by atoms with E-state index in [0.29, 0.717) is 17.5 Å². The molecular formula is C15H19ClFN. The lowest BCUT2D eigenvalue weighted by Gasteiger charge is -2.37. The molecule has 0 radical (unpaired) electrons. The molecule has 2 N–H and O–H groups in total. The summed E-state index contributed by atoms with van der Waals surface area (Å²) in [7, 11) is 0. The van der Waals surface area contributed by atoms with E-state index in [0.717, 1.165) is 17.9 Å². The third-order valence-electron chi connectivity index (χ3n) is 5.06. The number of rotatable bonds is 3. The van der Waals surface area contributed by atoms with Crippen molar-refractivity contribution in [1.82, 2.24) is 0 Å². The monoisotopic (exact) mass is 267 g/mol. The minimum absolute atomic E-state index is 0.167. The van der Waals surface area contributed by atoms with Crippen LogP contribution in [0.25, 0.3) is 0 Å². The van der Waals surface area contributed by atoms with E-state index in [1.165, 1.54) is 31.7 Å². The van der Waals surface area contributed by atoms with E-state index in [1.807, 2.05) is 0 Å². The van der Waals surface area contributed by atoms with Gasteiger partial charge in [-0.25, -0.2) is 4.39 Å². The molecule has 2 bridgehead atoms. The highest BCUT2D eigenvalue weighted by molar-refractivity contribution is 6.31. The highest BCUT2D eigenvalue weighted by atomic mass is 35.5. The maximum atomic E-state index is 13.3. The zero-order valence-corrected chi connectivity index (χ0v) is 11.2. The summed E-state index contributed by atoms with van der Waals surface area (Å²) in [5.41, 5.74) is 7.15. The van der Waals surface area contributed by atoms with Crippen LogP contribution in [0.3, 0.4) is 0 Å². The first-order valence-electron chi connectivity index (χ1n) is 6.77. The molecule has 2 saturated carbocycles. The molecular weight excluding hydrogens is 249 g/mol. The Labute approximate surface area is 113 Å². The van der Waals surface area contributed by atoms with Gasteiger partial charge in [-0.1, -0.05) is 18.0 Å². The van der Waals surface area contributed by atoms with Crippen LogP contribution in [0.15, 0.2) is 18.2 Å². The average Bonchev–Trinajstić information content (AvgIpc) is 2.94. The number of fused-ring (bicyclic) bond motifs is 2. The Morgan fingerprint density at radius 2 is 2.22 bits per heavy atom. The van der Waals surface area contributed by atoms with E-state index in [-0.39, 0.29) is 11.2 Å². The SMILES string of the molecule is NCC1(Cc2cc(F)ccc2Cl)CC2CCC1C2. The normalized spacial score (nSPS) is 34.2. The Hall–Kier alpha value is -0.600. The smallest absolute Gasteiger partial charge is 0.123 e. The Kier molecular flexibility index (Phi) is 3.11. The molecule has 2 fully saturated rings. The van der Waals surface area contributed by atoms with Crippen molar-refractivity contribution in [3.05, 3.63) is 34.6 Å². The lowest BCUT2D eigenvalue weighted by Crippen LogP contribution is -2.38. The molecule has 1 nitrogen and oxygen atoms in total. The molecule has 0 spiro atoms. The first-order valence-corrected chi connectivity index (χ1v) is 7.15. The lowest BCUT2D eigenvalue weighted by molar-refractivity contribution is 0.171. The standard InChI is InChI=1S/C15H19ClFN/c16-14-4-3-13(17)6-11(14)8-15(9-18)7-10-1-2-12(15)5-10/h3-4,6,10,12H,1-2,5,7-9,18H2. The molecule has 18 heavy (non-hydrogen) atoms. The zero-order chi connectivity index (χ0) is 12.8. The van der Waals surface area contributed by atoms with Gasteiger partial charge < -0.3 is 5.73 Å². The predicted octanol–water partition coefficient (Wildman–Crippen LogP) is 3.79. The summed E-state index contributed by atoms with van der Waals surface area (Å²) < 4.78 is 13.3. The van der Waals surface area contributed by atoms with Crippen LogP contribution in [-0.2, 0) is 6.42 Å². The zero-order valence-electron chi connectivity index (χ0n) is 10.5. The average molecular weight is 268 g/mol. The molecule has 1 aromatic rings. The van der Waals surface area contributed by atoms with Gasteiger partial charge in [-0.05, 0) is 73.2 Å². The Balaban J connectivity index is 1.88. The summed E-state index contributed by atoms with van der Waals surface area (Å²) in [5, 5.41) is 0.673. The highest BCUT2D eigenvalue weighted by Crippen LogP contribution is 2.57. The first-order chi connectivity index (χ1) is 8.63. The second-order valence-electron chi connectivity index (χ2n) is 6.06. The number of nitrogens with two attached hydrogens (primary N) is 1. The molecule has 0 saturated heterocycles. The van der Waals surface area contributed by atoms with Gasteiger partial charge in [-0.2, -0.15) is 0 Å². The summed E-state index contributed by atoms with van der Waals surface area (Å²) >= 11 is 6.19. The number of halogens is 2. The van der Waals surface area contributed by atoms with Crippen LogP contribution in [-0.4, -0.2) is 6.54 Å². The van der Waals surface area contributed by atoms with E-state index in [2.05, 4.69) is 0 Å². The van der Waals surface area contributed by atoms with Crippen LogP contribution in [0.1, 0.15) is 31.2 Å². The fourth-order valence-electron chi connectivity index (χ4n) is 4.15. The van der Waals surface area contributed by atoms with Crippen LogP contribution < -0.4 is 5.73 Å². The molecule has 3 atom stereocenters. The minimum atomic E-state index is -0.204. The molecule has 3 heteroatoms. The summed E-state index contributed by atoms with van der Waals surface area (Å²) in [5.74, 6) is 1.35. The first kappa shape index (κ1) is 12.4. The van der Waals surface area contributed by atoms with Crippen molar-refractivity contribution in [2.75, 3.05) is 6.54 Å². The van der Waals surface area contributed by atoms with Crippen LogP contribution in [0.4, 0.5) is 4.39 Å². The van der Waals surface area contributed by atoms with Crippen LogP contribution in [0.5, 0.6) is 0 Å². The van der Waals surface area contributed by atoms with Crippen LogP contribution in [0.2, 0.25) is 5.02 Å². The molecule has 0 aliphatic heterocycles. The number of hydrogen-bond donors (Lipinski definition) is 1. The Morgan fingerprint density at radius 3 is 2.83 bits per heavy atom. The Morgan fingerprint density at radius 1 is 1.39 bits per heavy atom. The van der Waals surface area contributed by atoms with Crippen molar-refractivity contribution >= 4 is 11.6 Å². The molecule has 1 aromatic carbocycles. The van der Waals surface area contributed by atoms with E-state index >= 15 is 0 Å². The number of hydrogen-bond acceptors (Lipinski definition) is 1. The lowest BCUT2D eigenvalue weighted by atomic mass is 9.69. The van der Waals surface area contributed by atoms with E-state index in [9.17, 15) is 4.39 Å². The van der Waals surface area contributed by atoms with Gasteiger partial charge >= 0.3 is 0 Å². The summed E-state index contributed by atoms with van der Waals surface area (Å²) in [6, 6.07) is 4.65. The highest BCUT2D eigenvalue weighted by Gasteiger charge is 2.49. The van der Waals surface area contributed by atoms with Crippen LogP contribution >= 0.6 is 11.6 Å². The second-order valence-corrected chi connectivity index (χ2v) is 6.47. The van der Waals surface area contributed by atoms with Crippen molar-refractivity contribution in [2.24, 2.45) is 23.0 Å². The van der Waals surface area contributed by atoms with Crippen LogP contribution in [0, 0.1) is 23.1 Å². The van der Waals surface area contributed by atoms with E-state index in [1.54, 1.807) is 12.1 Å². The molecule has 0 heterocycles. The van der Waals surface area contributed by atoms with Gasteiger partial charge in [0.2, 0.25) is 0 Å². The topological polar surface area (TPSA) is 26.0 Å². The third kappa shape index (κ3) is 1.96. The summed E-state index contributed by atoms with van der Waals surface area (Å²) in [4.78, 5) is 0. The molecule has 98 valence electrons. The Bertz CT molecular complexity index is 462. The van der Waals surface area contributed by atoms with E-state index < -0.39 is 0 Å². The summed E-state index contributed by atoms with van der Waals surface area (Å²) in [6.45, 7) is 0.695. The molecule has 0 aromatic heterocycles. The van der Waals surface area contributed by atoms with Gasteiger partial charge in [-0.15, -0.1) is 0 Å². The maximum Gasteiger partial charge on any atom is 0.123 e. The molecule has 2 aliphatic carbocycles. The van der Waals surface area contributed by atoms with Gasteiger partial charge in [-0.3, -0.25) is 0 Å². The largest absolute Gasteiger partial charge is 0.330 e. The third-order valence-corrected chi connectivity index (χ3v) is 5.43.